The van der Waals surface area contributed by atoms with E-state index in [1.165, 1.54) is 7.11 Å². The molecule has 1 rings (SSSR count). The fraction of sp³-hybridized carbons (Fsp3) is 0.538. The summed E-state index contributed by atoms with van der Waals surface area (Å²) in [6.07, 6.45) is 1.89. The Labute approximate surface area is 123 Å². The first kappa shape index (κ1) is 17.6. The summed E-state index contributed by atoms with van der Waals surface area (Å²) in [6.45, 7) is 4.32. The van der Waals surface area contributed by atoms with Crippen molar-refractivity contribution in [3.8, 4) is 11.5 Å². The number of phenolic OH excluding ortho intramolecular Hbond substituents is 1. The van der Waals surface area contributed by atoms with Crippen molar-refractivity contribution < 1.29 is 9.84 Å². The van der Waals surface area contributed by atoms with Gasteiger partial charge in [-0.1, -0.05) is 29.8 Å². The van der Waals surface area contributed by atoms with E-state index in [2.05, 4.69) is 29.8 Å². The number of benzene rings is 1. The molecule has 1 atom stereocenters. The molecule has 0 heterocycles. The van der Waals surface area contributed by atoms with Crippen LogP contribution in [0.4, 0.5) is 0 Å². The molecule has 0 saturated heterocycles. The zero-order valence-corrected chi connectivity index (χ0v) is 13.3. The highest BCUT2D eigenvalue weighted by atomic mass is 79.9. The van der Waals surface area contributed by atoms with Gasteiger partial charge in [-0.25, -0.2) is 0 Å². The lowest BCUT2D eigenvalue weighted by Gasteiger charge is -2.17. The van der Waals surface area contributed by atoms with Crippen LogP contribution in [0.2, 0.25) is 0 Å². The Bertz CT molecular complexity index is 385. The molecule has 104 valence electrons. The van der Waals surface area contributed by atoms with E-state index in [4.69, 9.17) is 10.5 Å². The average Bonchev–Trinajstić information content (AvgIpc) is 2.28. The molecule has 0 aliphatic carbocycles. The second-order valence-corrected chi connectivity index (χ2v) is 5.54. The van der Waals surface area contributed by atoms with Crippen molar-refractivity contribution in [1.82, 2.24) is 0 Å². The third kappa shape index (κ3) is 4.67. The van der Waals surface area contributed by atoms with Gasteiger partial charge in [0.2, 0.25) is 0 Å². The van der Waals surface area contributed by atoms with E-state index >= 15 is 0 Å². The molecule has 0 spiro atoms. The number of nitrogens with two attached hydrogens (primary N) is 1. The topological polar surface area (TPSA) is 55.5 Å². The number of aromatic hydroxyl groups is 1. The van der Waals surface area contributed by atoms with Gasteiger partial charge in [-0.3, -0.25) is 0 Å². The van der Waals surface area contributed by atoms with Crippen LogP contribution in [0.15, 0.2) is 16.6 Å². The standard InChI is InChI=1S/C13H20BrNO2.ClH/c1-8(2)4-5-11(15)10-6-9(14)7-12(17-3)13(10)16;/h6-8,11,16H,4-5,15H2,1-3H3;1H/t11-;/m1./s1. The molecule has 0 saturated carbocycles. The first-order valence-corrected chi connectivity index (χ1v) is 6.57. The van der Waals surface area contributed by atoms with Gasteiger partial charge in [-0.2, -0.15) is 0 Å². The number of hydrogen-bond acceptors (Lipinski definition) is 3. The quantitative estimate of drug-likeness (QED) is 0.852. The molecule has 0 aliphatic rings. The van der Waals surface area contributed by atoms with E-state index < -0.39 is 0 Å². The fourth-order valence-corrected chi connectivity index (χ4v) is 2.16. The molecule has 0 aromatic heterocycles. The van der Waals surface area contributed by atoms with Crippen molar-refractivity contribution in [2.24, 2.45) is 11.7 Å². The van der Waals surface area contributed by atoms with Crippen molar-refractivity contribution >= 4 is 28.3 Å². The monoisotopic (exact) mass is 337 g/mol. The Kier molecular flexibility index (Phi) is 7.67. The van der Waals surface area contributed by atoms with Crippen LogP contribution in [0.25, 0.3) is 0 Å². The zero-order chi connectivity index (χ0) is 13.0. The molecular formula is C13H21BrClNO2. The largest absolute Gasteiger partial charge is 0.504 e. The fourth-order valence-electron chi connectivity index (χ4n) is 1.70. The van der Waals surface area contributed by atoms with Crippen molar-refractivity contribution in [2.45, 2.75) is 32.7 Å². The normalized spacial score (nSPS) is 12.1. The second kappa shape index (κ2) is 7.87. The van der Waals surface area contributed by atoms with E-state index in [1.807, 2.05) is 6.07 Å². The van der Waals surface area contributed by atoms with Crippen molar-refractivity contribution in [2.75, 3.05) is 7.11 Å². The molecule has 0 fully saturated rings. The molecule has 5 heteroatoms. The maximum absolute atomic E-state index is 10.0. The van der Waals surface area contributed by atoms with Gasteiger partial charge < -0.3 is 15.6 Å². The van der Waals surface area contributed by atoms with Crippen LogP contribution in [0, 0.1) is 5.92 Å². The SMILES string of the molecule is COc1cc(Br)cc([C@H](N)CCC(C)C)c1O.Cl. The van der Waals surface area contributed by atoms with Gasteiger partial charge in [-0.15, -0.1) is 12.4 Å². The molecule has 0 radical (unpaired) electrons. The number of phenols is 1. The Morgan fingerprint density at radius 2 is 1.94 bits per heavy atom. The Morgan fingerprint density at radius 3 is 2.44 bits per heavy atom. The molecule has 3 nitrogen and oxygen atoms in total. The van der Waals surface area contributed by atoms with E-state index in [1.54, 1.807) is 6.07 Å². The third-order valence-electron chi connectivity index (χ3n) is 2.74. The van der Waals surface area contributed by atoms with Crippen LogP contribution >= 0.6 is 28.3 Å². The maximum atomic E-state index is 10.0. The van der Waals surface area contributed by atoms with E-state index in [9.17, 15) is 5.11 Å². The predicted octanol–water partition coefficient (Wildman–Crippen LogP) is 4.02. The van der Waals surface area contributed by atoms with Gasteiger partial charge in [0.15, 0.2) is 11.5 Å². The van der Waals surface area contributed by atoms with Crippen molar-refractivity contribution in [3.63, 3.8) is 0 Å². The zero-order valence-electron chi connectivity index (χ0n) is 10.9. The summed E-state index contributed by atoms with van der Waals surface area (Å²) in [5.41, 5.74) is 6.83. The van der Waals surface area contributed by atoms with E-state index in [0.29, 0.717) is 11.7 Å². The van der Waals surface area contributed by atoms with Crippen LogP contribution in [0.5, 0.6) is 11.5 Å². The highest BCUT2D eigenvalue weighted by Gasteiger charge is 2.16. The summed E-state index contributed by atoms with van der Waals surface area (Å²) in [5.74, 6) is 1.21. The van der Waals surface area contributed by atoms with Gasteiger partial charge >= 0.3 is 0 Å². The second-order valence-electron chi connectivity index (χ2n) is 4.62. The molecule has 1 aromatic rings. The minimum absolute atomic E-state index is 0. The minimum atomic E-state index is -0.163. The molecule has 0 unspecified atom stereocenters. The average molecular weight is 339 g/mol. The Morgan fingerprint density at radius 1 is 1.33 bits per heavy atom. The molecule has 0 bridgehead atoms. The van der Waals surface area contributed by atoms with E-state index in [0.717, 1.165) is 22.9 Å². The summed E-state index contributed by atoms with van der Waals surface area (Å²) >= 11 is 3.39. The van der Waals surface area contributed by atoms with E-state index in [-0.39, 0.29) is 24.2 Å². The first-order valence-electron chi connectivity index (χ1n) is 5.77. The number of ether oxygens (including phenoxy) is 1. The highest BCUT2D eigenvalue weighted by molar-refractivity contribution is 9.10. The molecular weight excluding hydrogens is 318 g/mol. The van der Waals surface area contributed by atoms with Crippen LogP contribution in [-0.4, -0.2) is 12.2 Å². The molecule has 0 aliphatic heterocycles. The lowest BCUT2D eigenvalue weighted by Crippen LogP contribution is -2.11. The summed E-state index contributed by atoms with van der Waals surface area (Å²) in [7, 11) is 1.53. The Hall–Kier alpha value is -0.450. The van der Waals surface area contributed by atoms with Gasteiger partial charge in [0, 0.05) is 16.1 Å². The first-order chi connectivity index (χ1) is 7.95. The number of hydrogen-bond donors (Lipinski definition) is 2. The van der Waals surface area contributed by atoms with Crippen LogP contribution < -0.4 is 10.5 Å². The van der Waals surface area contributed by atoms with Crippen LogP contribution in [0.3, 0.4) is 0 Å². The lowest BCUT2D eigenvalue weighted by molar-refractivity contribution is 0.366. The van der Waals surface area contributed by atoms with Crippen molar-refractivity contribution in [1.29, 1.82) is 0 Å². The molecule has 0 amide bonds. The summed E-state index contributed by atoms with van der Waals surface area (Å²) in [5, 5.41) is 10.0. The summed E-state index contributed by atoms with van der Waals surface area (Å²) in [6, 6.07) is 3.42. The highest BCUT2D eigenvalue weighted by Crippen LogP contribution is 2.37. The van der Waals surface area contributed by atoms with Crippen LogP contribution in [0.1, 0.15) is 38.3 Å². The summed E-state index contributed by atoms with van der Waals surface area (Å²) < 4.78 is 5.97. The minimum Gasteiger partial charge on any atom is -0.504 e. The predicted molar refractivity (Wildman–Crippen MR) is 80.6 cm³/mol. The number of methoxy groups -OCH3 is 1. The molecule has 3 N–H and O–H groups in total. The lowest BCUT2D eigenvalue weighted by atomic mass is 9.97. The third-order valence-corrected chi connectivity index (χ3v) is 3.20. The molecule has 18 heavy (non-hydrogen) atoms. The Balaban J connectivity index is 0.00000289. The van der Waals surface area contributed by atoms with Gasteiger partial charge in [0.25, 0.3) is 0 Å². The smallest absolute Gasteiger partial charge is 0.162 e. The van der Waals surface area contributed by atoms with Crippen LogP contribution in [-0.2, 0) is 0 Å². The van der Waals surface area contributed by atoms with Gasteiger partial charge in [-0.05, 0) is 30.9 Å². The number of halogens is 2. The van der Waals surface area contributed by atoms with Gasteiger partial charge in [0.1, 0.15) is 0 Å². The van der Waals surface area contributed by atoms with Gasteiger partial charge in [0.05, 0.1) is 7.11 Å². The maximum Gasteiger partial charge on any atom is 0.162 e. The molecule has 1 aromatic carbocycles. The summed E-state index contributed by atoms with van der Waals surface area (Å²) in [4.78, 5) is 0. The van der Waals surface area contributed by atoms with Crippen molar-refractivity contribution in [3.05, 3.63) is 22.2 Å². The number of rotatable bonds is 5.